The summed E-state index contributed by atoms with van der Waals surface area (Å²) in [7, 11) is 0. The molecular weight excluding hydrogens is 356 g/mol. The zero-order valence-electron chi connectivity index (χ0n) is 13.7. The first-order valence-corrected chi connectivity index (χ1v) is 7.58. The first-order chi connectivity index (χ1) is 12.2. The summed E-state index contributed by atoms with van der Waals surface area (Å²) in [5, 5.41) is 8.19. The number of carbonyl (C=O) groups excluding carboxylic acids is 2. The molecule has 2 rings (SSSR count). The first kappa shape index (κ1) is 19.4. The van der Waals surface area contributed by atoms with Gasteiger partial charge in [-0.25, -0.2) is 4.39 Å². The molecule has 0 aliphatic carbocycles. The maximum atomic E-state index is 13.4. The number of rotatable bonds is 6. The molecule has 0 saturated heterocycles. The molecule has 0 unspecified atom stereocenters. The molecule has 6 nitrogen and oxygen atoms in total. The molecule has 1 heterocycles. The molecule has 2 aromatic rings. The van der Waals surface area contributed by atoms with E-state index in [0.29, 0.717) is 5.56 Å². The maximum absolute atomic E-state index is 13.4. The van der Waals surface area contributed by atoms with Gasteiger partial charge in [-0.05, 0) is 30.7 Å². The summed E-state index contributed by atoms with van der Waals surface area (Å²) in [6, 6.07) is 4.83. The first-order valence-electron chi connectivity index (χ1n) is 7.58. The van der Waals surface area contributed by atoms with Crippen molar-refractivity contribution in [2.24, 2.45) is 0 Å². The molecule has 2 N–H and O–H groups in total. The van der Waals surface area contributed by atoms with Gasteiger partial charge < -0.3 is 10.6 Å². The Labute approximate surface area is 146 Å². The SMILES string of the molecule is Cc1ccc(C(=O)NCCNC(=O)Cn2ccc(C(F)(F)F)n2)cc1F. The number of alkyl halides is 3. The van der Waals surface area contributed by atoms with Crippen LogP contribution in [0.3, 0.4) is 0 Å². The van der Waals surface area contributed by atoms with E-state index >= 15 is 0 Å². The molecule has 0 spiro atoms. The van der Waals surface area contributed by atoms with Crippen LogP contribution in [-0.2, 0) is 17.5 Å². The average Bonchev–Trinajstić information content (AvgIpc) is 3.02. The number of halogens is 4. The van der Waals surface area contributed by atoms with Crippen LogP contribution in [0.2, 0.25) is 0 Å². The van der Waals surface area contributed by atoms with Gasteiger partial charge in [-0.15, -0.1) is 0 Å². The second kappa shape index (κ2) is 7.98. The Morgan fingerprint density at radius 3 is 2.46 bits per heavy atom. The Balaban J connectivity index is 1.73. The molecule has 0 bridgehead atoms. The topological polar surface area (TPSA) is 76.0 Å². The smallest absolute Gasteiger partial charge is 0.353 e. The van der Waals surface area contributed by atoms with Gasteiger partial charge in [0.1, 0.15) is 12.4 Å². The summed E-state index contributed by atoms with van der Waals surface area (Å²) in [6.07, 6.45) is -3.52. The van der Waals surface area contributed by atoms with Crippen molar-refractivity contribution in [2.45, 2.75) is 19.6 Å². The van der Waals surface area contributed by atoms with Crippen LogP contribution in [0.4, 0.5) is 17.6 Å². The molecule has 0 saturated carbocycles. The Morgan fingerprint density at radius 1 is 1.15 bits per heavy atom. The normalized spacial score (nSPS) is 11.3. The van der Waals surface area contributed by atoms with Gasteiger partial charge in [0.2, 0.25) is 5.91 Å². The van der Waals surface area contributed by atoms with Crippen molar-refractivity contribution in [2.75, 3.05) is 13.1 Å². The van der Waals surface area contributed by atoms with Crippen molar-refractivity contribution in [3.8, 4) is 0 Å². The van der Waals surface area contributed by atoms with Crippen LogP contribution < -0.4 is 10.6 Å². The molecule has 26 heavy (non-hydrogen) atoms. The van der Waals surface area contributed by atoms with Gasteiger partial charge in [-0.1, -0.05) is 6.07 Å². The second-order valence-corrected chi connectivity index (χ2v) is 5.47. The lowest BCUT2D eigenvalue weighted by Crippen LogP contribution is -2.36. The third kappa shape index (κ3) is 5.30. The molecule has 0 aliphatic rings. The van der Waals surface area contributed by atoms with E-state index in [-0.39, 0.29) is 25.2 Å². The number of hydrogen-bond acceptors (Lipinski definition) is 3. The predicted molar refractivity (Wildman–Crippen MR) is 83.7 cm³/mol. The zero-order chi connectivity index (χ0) is 19.3. The number of carbonyl (C=O) groups is 2. The highest BCUT2D eigenvalue weighted by atomic mass is 19.4. The molecule has 0 fully saturated rings. The van der Waals surface area contributed by atoms with Crippen LogP contribution in [0.1, 0.15) is 21.6 Å². The molecule has 1 aromatic carbocycles. The fraction of sp³-hybridized carbons (Fsp3) is 0.312. The fourth-order valence-corrected chi connectivity index (χ4v) is 2.02. The number of benzene rings is 1. The van der Waals surface area contributed by atoms with E-state index in [9.17, 15) is 27.2 Å². The largest absolute Gasteiger partial charge is 0.435 e. The summed E-state index contributed by atoms with van der Waals surface area (Å²) >= 11 is 0. The second-order valence-electron chi connectivity index (χ2n) is 5.47. The van der Waals surface area contributed by atoms with E-state index < -0.39 is 29.5 Å². The van der Waals surface area contributed by atoms with E-state index in [1.54, 1.807) is 6.92 Å². The van der Waals surface area contributed by atoms with Gasteiger partial charge in [-0.2, -0.15) is 18.3 Å². The summed E-state index contributed by atoms with van der Waals surface area (Å²) < 4.78 is 51.5. The van der Waals surface area contributed by atoms with Crippen LogP contribution in [-0.4, -0.2) is 34.7 Å². The Hall–Kier alpha value is -2.91. The van der Waals surface area contributed by atoms with E-state index in [0.717, 1.165) is 23.0 Å². The van der Waals surface area contributed by atoms with Crippen molar-refractivity contribution in [1.82, 2.24) is 20.4 Å². The Morgan fingerprint density at radius 2 is 1.85 bits per heavy atom. The van der Waals surface area contributed by atoms with Crippen molar-refractivity contribution in [3.63, 3.8) is 0 Å². The van der Waals surface area contributed by atoms with Gasteiger partial charge in [-0.3, -0.25) is 14.3 Å². The van der Waals surface area contributed by atoms with Crippen LogP contribution in [0, 0.1) is 12.7 Å². The van der Waals surface area contributed by atoms with E-state index in [1.807, 2.05) is 0 Å². The molecule has 0 atom stereocenters. The lowest BCUT2D eigenvalue weighted by molar-refractivity contribution is -0.141. The summed E-state index contributed by atoms with van der Waals surface area (Å²) in [4.78, 5) is 23.5. The molecule has 0 aliphatic heterocycles. The molecule has 10 heteroatoms. The monoisotopic (exact) mass is 372 g/mol. The number of aryl methyl sites for hydroxylation is 1. The highest BCUT2D eigenvalue weighted by Crippen LogP contribution is 2.27. The minimum atomic E-state index is -4.57. The predicted octanol–water partition coefficient (Wildman–Crippen LogP) is 1.90. The van der Waals surface area contributed by atoms with Gasteiger partial charge in [0.15, 0.2) is 5.69 Å². The summed E-state index contributed by atoms with van der Waals surface area (Å²) in [6.45, 7) is 1.33. The quantitative estimate of drug-likeness (QED) is 0.601. The van der Waals surface area contributed by atoms with Crippen molar-refractivity contribution in [3.05, 3.63) is 53.1 Å². The fourth-order valence-electron chi connectivity index (χ4n) is 2.02. The van der Waals surface area contributed by atoms with Gasteiger partial charge in [0.25, 0.3) is 5.91 Å². The number of nitrogens with one attached hydrogen (secondary N) is 2. The number of nitrogens with zero attached hydrogens (tertiary/aromatic N) is 2. The molecule has 140 valence electrons. The Bertz CT molecular complexity index is 802. The lowest BCUT2D eigenvalue weighted by atomic mass is 10.1. The highest BCUT2D eigenvalue weighted by Gasteiger charge is 2.33. The van der Waals surface area contributed by atoms with Gasteiger partial charge in [0, 0.05) is 24.8 Å². The molecule has 0 radical (unpaired) electrons. The minimum Gasteiger partial charge on any atom is -0.353 e. The van der Waals surface area contributed by atoms with Crippen molar-refractivity contribution in [1.29, 1.82) is 0 Å². The average molecular weight is 372 g/mol. The minimum absolute atomic E-state index is 0.0618. The maximum Gasteiger partial charge on any atom is 0.435 e. The van der Waals surface area contributed by atoms with Crippen molar-refractivity contribution >= 4 is 11.8 Å². The van der Waals surface area contributed by atoms with Gasteiger partial charge >= 0.3 is 6.18 Å². The molecular formula is C16H16F4N4O2. The van der Waals surface area contributed by atoms with Crippen LogP contribution in [0.25, 0.3) is 0 Å². The molecule has 1 aromatic heterocycles. The third-order valence-electron chi connectivity index (χ3n) is 3.40. The summed E-state index contributed by atoms with van der Waals surface area (Å²) in [5.41, 5.74) is -0.514. The molecule has 2 amide bonds. The van der Waals surface area contributed by atoms with Crippen LogP contribution in [0.15, 0.2) is 30.5 Å². The Kier molecular flexibility index (Phi) is 5.96. The third-order valence-corrected chi connectivity index (χ3v) is 3.40. The van der Waals surface area contributed by atoms with Crippen LogP contribution >= 0.6 is 0 Å². The number of aromatic nitrogens is 2. The van der Waals surface area contributed by atoms with E-state index in [4.69, 9.17) is 0 Å². The zero-order valence-corrected chi connectivity index (χ0v) is 13.7. The highest BCUT2D eigenvalue weighted by molar-refractivity contribution is 5.94. The number of amides is 2. The van der Waals surface area contributed by atoms with Crippen molar-refractivity contribution < 1.29 is 27.2 Å². The van der Waals surface area contributed by atoms with E-state index in [2.05, 4.69) is 15.7 Å². The van der Waals surface area contributed by atoms with E-state index in [1.165, 1.54) is 12.1 Å². The standard InChI is InChI=1S/C16H16F4N4O2/c1-10-2-3-11(8-12(10)17)15(26)22-6-5-21-14(25)9-24-7-4-13(23-24)16(18,19)20/h2-4,7-8H,5-6,9H2,1H3,(H,21,25)(H,22,26). The lowest BCUT2D eigenvalue weighted by Gasteiger charge is -2.08. The number of hydrogen-bond donors (Lipinski definition) is 2. The van der Waals surface area contributed by atoms with Crippen LogP contribution in [0.5, 0.6) is 0 Å². The summed E-state index contributed by atoms with van der Waals surface area (Å²) in [5.74, 6) is -1.55. The van der Waals surface area contributed by atoms with Gasteiger partial charge in [0.05, 0.1) is 0 Å².